The van der Waals surface area contributed by atoms with Gasteiger partial charge in [-0.1, -0.05) is 34.1 Å². The molecule has 2 heterocycles. The van der Waals surface area contributed by atoms with Crippen molar-refractivity contribution >= 4 is 8.32 Å². The molecule has 2 atom stereocenters. The third-order valence-electron chi connectivity index (χ3n) is 5.61. The van der Waals surface area contributed by atoms with Crippen LogP contribution in [0.5, 0.6) is 0 Å². The van der Waals surface area contributed by atoms with Crippen molar-refractivity contribution in [2.75, 3.05) is 19.7 Å². The van der Waals surface area contributed by atoms with E-state index in [0.717, 1.165) is 25.4 Å². The van der Waals surface area contributed by atoms with Gasteiger partial charge >= 0.3 is 0 Å². The fourth-order valence-electron chi connectivity index (χ4n) is 3.01. The van der Waals surface area contributed by atoms with Gasteiger partial charge in [0, 0.05) is 25.5 Å². The number of likely N-dealkylation sites (tertiary alicyclic amines) is 1. The molecule has 1 N–H and O–H groups in total. The van der Waals surface area contributed by atoms with Crippen LogP contribution < -0.4 is 0 Å². The molecule has 1 fully saturated rings. The highest BCUT2D eigenvalue weighted by molar-refractivity contribution is 6.74. The summed E-state index contributed by atoms with van der Waals surface area (Å²) in [7, 11) is -1.65. The van der Waals surface area contributed by atoms with E-state index in [2.05, 4.69) is 55.7 Å². The zero-order valence-electron chi connectivity index (χ0n) is 15.9. The van der Waals surface area contributed by atoms with Crippen molar-refractivity contribution in [2.45, 2.75) is 71.1 Å². The minimum absolute atomic E-state index is 0.286. The Kier molecular flexibility index (Phi) is 6.08. The molecular formula is C18H35N3OSi. The minimum atomic E-state index is -1.65. The van der Waals surface area contributed by atoms with E-state index in [4.69, 9.17) is 4.43 Å². The average molecular weight is 338 g/mol. The van der Waals surface area contributed by atoms with Crippen molar-refractivity contribution in [1.82, 2.24) is 14.9 Å². The van der Waals surface area contributed by atoms with Gasteiger partial charge in [0.05, 0.1) is 6.04 Å². The summed E-state index contributed by atoms with van der Waals surface area (Å²) in [6, 6.07) is 0.435. The van der Waals surface area contributed by atoms with Gasteiger partial charge in [0.25, 0.3) is 0 Å². The van der Waals surface area contributed by atoms with E-state index in [-0.39, 0.29) is 5.04 Å². The Balaban J connectivity index is 1.97. The van der Waals surface area contributed by atoms with Gasteiger partial charge < -0.3 is 9.41 Å². The first-order valence-electron chi connectivity index (χ1n) is 9.12. The lowest BCUT2D eigenvalue weighted by Crippen LogP contribution is -2.42. The van der Waals surface area contributed by atoms with Gasteiger partial charge in [0.15, 0.2) is 8.32 Å². The van der Waals surface area contributed by atoms with E-state index in [9.17, 15) is 0 Å². The minimum Gasteiger partial charge on any atom is -0.416 e. The van der Waals surface area contributed by atoms with E-state index < -0.39 is 8.32 Å². The molecule has 5 heteroatoms. The molecule has 132 valence electrons. The maximum atomic E-state index is 6.48. The smallest absolute Gasteiger partial charge is 0.191 e. The Hall–Kier alpha value is -0.653. The van der Waals surface area contributed by atoms with Crippen LogP contribution in [-0.2, 0) is 4.43 Å². The van der Waals surface area contributed by atoms with E-state index in [1.165, 1.54) is 19.4 Å². The fraction of sp³-hybridized carbons (Fsp3) is 0.833. The summed E-state index contributed by atoms with van der Waals surface area (Å²) in [5, 5.41) is 0.286. The molecule has 1 aliphatic rings. The summed E-state index contributed by atoms with van der Waals surface area (Å²) >= 11 is 0. The first-order chi connectivity index (χ1) is 10.7. The number of imidazole rings is 1. The summed E-state index contributed by atoms with van der Waals surface area (Å²) in [5.74, 6) is 1.74. The first-order valence-corrected chi connectivity index (χ1v) is 12.0. The SMILES string of the molecule is CCCCN1CC(CO[Si](C)(C)C(C)(C)C)CC1c1ncc[nH]1. The number of nitrogens with one attached hydrogen (secondary N) is 1. The number of rotatable bonds is 7. The molecule has 2 rings (SSSR count). The summed E-state index contributed by atoms with van der Waals surface area (Å²) in [4.78, 5) is 10.4. The van der Waals surface area contributed by atoms with E-state index in [1.807, 2.05) is 12.4 Å². The number of hydrogen-bond acceptors (Lipinski definition) is 3. The van der Waals surface area contributed by atoms with Crippen molar-refractivity contribution in [1.29, 1.82) is 0 Å². The lowest BCUT2D eigenvalue weighted by Gasteiger charge is -2.37. The number of nitrogens with zero attached hydrogens (tertiary/aromatic N) is 2. The van der Waals surface area contributed by atoms with Gasteiger partial charge in [-0.15, -0.1) is 0 Å². The molecule has 0 spiro atoms. The molecule has 1 saturated heterocycles. The molecular weight excluding hydrogens is 302 g/mol. The second-order valence-corrected chi connectivity index (χ2v) is 13.3. The summed E-state index contributed by atoms with van der Waals surface area (Å²) in [6.45, 7) is 17.1. The molecule has 0 aliphatic carbocycles. The molecule has 4 nitrogen and oxygen atoms in total. The zero-order chi connectivity index (χ0) is 17.1. The second kappa shape index (κ2) is 7.49. The molecule has 0 radical (unpaired) electrons. The molecule has 1 aromatic heterocycles. The van der Waals surface area contributed by atoms with Crippen molar-refractivity contribution in [3.63, 3.8) is 0 Å². The Labute approximate surface area is 143 Å². The van der Waals surface area contributed by atoms with Gasteiger partial charge in [-0.3, -0.25) is 4.90 Å². The number of aromatic nitrogens is 2. The number of H-pyrrole nitrogens is 1. The van der Waals surface area contributed by atoms with Crippen LogP contribution in [0.25, 0.3) is 0 Å². The van der Waals surface area contributed by atoms with Crippen molar-refractivity contribution in [2.24, 2.45) is 5.92 Å². The number of hydrogen-bond donors (Lipinski definition) is 1. The van der Waals surface area contributed by atoms with Crippen molar-refractivity contribution < 1.29 is 4.43 Å². The van der Waals surface area contributed by atoms with Gasteiger partial charge in [-0.05, 0) is 43.4 Å². The standard InChI is InChI=1S/C18H35N3OSi/c1-7-8-11-21-13-15(12-16(21)17-19-9-10-20-17)14-22-23(5,6)18(2,3)4/h9-10,15-16H,7-8,11-14H2,1-6H3,(H,19,20). The van der Waals surface area contributed by atoms with Crippen molar-refractivity contribution in [3.05, 3.63) is 18.2 Å². The Morgan fingerprint density at radius 2 is 2.13 bits per heavy atom. The summed E-state index contributed by atoms with van der Waals surface area (Å²) in [6.07, 6.45) is 7.46. The monoisotopic (exact) mass is 337 g/mol. The van der Waals surface area contributed by atoms with Crippen LogP contribution >= 0.6 is 0 Å². The lowest BCUT2D eigenvalue weighted by molar-refractivity contribution is 0.215. The van der Waals surface area contributed by atoms with Gasteiger partial charge in [0.1, 0.15) is 5.82 Å². The molecule has 23 heavy (non-hydrogen) atoms. The highest BCUT2D eigenvalue weighted by Gasteiger charge is 2.40. The molecule has 0 aromatic carbocycles. The second-order valence-electron chi connectivity index (χ2n) is 8.51. The van der Waals surface area contributed by atoms with Gasteiger partial charge in [-0.25, -0.2) is 4.98 Å². The number of aromatic amines is 1. The summed E-state index contributed by atoms with van der Waals surface area (Å²) in [5.41, 5.74) is 0. The van der Waals surface area contributed by atoms with Gasteiger partial charge in [0.2, 0.25) is 0 Å². The Morgan fingerprint density at radius 3 is 2.70 bits per heavy atom. The van der Waals surface area contributed by atoms with Crippen LogP contribution in [0.2, 0.25) is 18.1 Å². The van der Waals surface area contributed by atoms with Crippen LogP contribution in [0, 0.1) is 5.92 Å². The molecule has 2 unspecified atom stereocenters. The molecule has 1 aromatic rings. The Bertz CT molecular complexity index is 467. The van der Waals surface area contributed by atoms with Gasteiger partial charge in [-0.2, -0.15) is 0 Å². The van der Waals surface area contributed by atoms with Crippen LogP contribution in [0.3, 0.4) is 0 Å². The molecule has 0 bridgehead atoms. The third-order valence-corrected chi connectivity index (χ3v) is 10.1. The number of unbranched alkanes of at least 4 members (excludes halogenated alkanes) is 1. The molecule has 0 saturated carbocycles. The summed E-state index contributed by atoms with van der Waals surface area (Å²) < 4.78 is 6.48. The quantitative estimate of drug-likeness (QED) is 0.740. The maximum absolute atomic E-state index is 6.48. The highest BCUT2D eigenvalue weighted by Crippen LogP contribution is 2.39. The fourth-order valence-corrected chi connectivity index (χ4v) is 4.10. The van der Waals surface area contributed by atoms with Crippen molar-refractivity contribution in [3.8, 4) is 0 Å². The van der Waals surface area contributed by atoms with Crippen LogP contribution in [0.1, 0.15) is 58.8 Å². The Morgan fingerprint density at radius 1 is 1.39 bits per heavy atom. The largest absolute Gasteiger partial charge is 0.416 e. The highest BCUT2D eigenvalue weighted by atomic mass is 28.4. The average Bonchev–Trinajstić information content (AvgIpc) is 3.10. The maximum Gasteiger partial charge on any atom is 0.191 e. The third kappa shape index (κ3) is 4.67. The lowest BCUT2D eigenvalue weighted by atomic mass is 10.1. The molecule has 1 aliphatic heterocycles. The van der Waals surface area contributed by atoms with E-state index >= 15 is 0 Å². The van der Waals surface area contributed by atoms with E-state index in [0.29, 0.717) is 12.0 Å². The van der Waals surface area contributed by atoms with Crippen LogP contribution in [0.4, 0.5) is 0 Å². The molecule has 0 amide bonds. The van der Waals surface area contributed by atoms with Crippen LogP contribution in [-0.4, -0.2) is 42.9 Å². The predicted octanol–water partition coefficient (Wildman–Crippen LogP) is 4.59. The van der Waals surface area contributed by atoms with E-state index in [1.54, 1.807) is 0 Å². The zero-order valence-corrected chi connectivity index (χ0v) is 16.9. The first kappa shape index (κ1) is 18.7. The topological polar surface area (TPSA) is 41.1 Å². The van der Waals surface area contributed by atoms with Crippen LogP contribution in [0.15, 0.2) is 12.4 Å². The predicted molar refractivity (Wildman–Crippen MR) is 99.1 cm³/mol. The normalized spacial score (nSPS) is 23.6.